The molecule has 4 nitrogen and oxygen atoms in total. The van der Waals surface area contributed by atoms with E-state index in [1.807, 2.05) is 76.2 Å². The van der Waals surface area contributed by atoms with Crippen LogP contribution in [0.3, 0.4) is 0 Å². The van der Waals surface area contributed by atoms with Gasteiger partial charge in [0.05, 0.1) is 0 Å². The Labute approximate surface area is 161 Å². The van der Waals surface area contributed by atoms with Crippen LogP contribution in [0.2, 0.25) is 0 Å². The van der Waals surface area contributed by atoms with Crippen LogP contribution in [-0.2, 0) is 13.6 Å². The monoisotopic (exact) mass is 440 g/mol. The van der Waals surface area contributed by atoms with Crippen molar-refractivity contribution < 1.29 is 18.4 Å². The summed E-state index contributed by atoms with van der Waals surface area (Å²) in [6, 6.07) is 18.5. The molecule has 0 radical (unpaired) electrons. The van der Waals surface area contributed by atoms with Gasteiger partial charge in [-0.1, -0.05) is 0 Å². The van der Waals surface area contributed by atoms with Crippen molar-refractivity contribution in [2.45, 2.75) is 44.7 Å². The van der Waals surface area contributed by atoms with E-state index in [-0.39, 0.29) is 18.0 Å². The van der Waals surface area contributed by atoms with E-state index in [4.69, 9.17) is 9.05 Å². The van der Waals surface area contributed by atoms with Crippen LogP contribution in [0.25, 0.3) is 0 Å². The van der Waals surface area contributed by atoms with Crippen LogP contribution < -0.4 is 0 Å². The summed E-state index contributed by atoms with van der Waals surface area (Å²) in [4.78, 5) is 12.6. The summed E-state index contributed by atoms with van der Waals surface area (Å²) in [7, 11) is 0. The van der Waals surface area contributed by atoms with Crippen LogP contribution in [0.1, 0.15) is 48.4 Å². The Morgan fingerprint density at radius 2 is 1.31 bits per heavy atom. The third-order valence-corrected chi connectivity index (χ3v) is 10.2. The molecule has 0 N–H and O–H groups in total. The van der Waals surface area contributed by atoms with Gasteiger partial charge in [0.2, 0.25) is 0 Å². The van der Waals surface area contributed by atoms with Crippen molar-refractivity contribution in [3.8, 4) is 0 Å². The molecule has 140 valence electrons. The van der Waals surface area contributed by atoms with Gasteiger partial charge >= 0.3 is 162 Å². The molecular weight excluding hydrogens is 414 g/mol. The van der Waals surface area contributed by atoms with Crippen molar-refractivity contribution in [1.82, 2.24) is 0 Å². The van der Waals surface area contributed by atoms with E-state index in [1.54, 1.807) is 12.1 Å². The van der Waals surface area contributed by atoms with E-state index in [0.717, 1.165) is 5.56 Å². The summed E-state index contributed by atoms with van der Waals surface area (Å²) in [5.41, 5.74) is 1.44. The van der Waals surface area contributed by atoms with Gasteiger partial charge in [0, 0.05) is 0 Å². The Morgan fingerprint density at radius 1 is 0.846 bits per heavy atom. The first-order valence-electron chi connectivity index (χ1n) is 8.60. The predicted molar refractivity (Wildman–Crippen MR) is 106 cm³/mol. The zero-order valence-electron chi connectivity index (χ0n) is 15.5. The predicted octanol–water partition coefficient (Wildman–Crippen LogP) is 5.27. The molecule has 0 heterocycles. The quantitative estimate of drug-likeness (QED) is 0.303. The van der Waals surface area contributed by atoms with Gasteiger partial charge in [0.15, 0.2) is 0 Å². The normalized spacial score (nSPS) is 13.2. The average Bonchev–Trinajstić information content (AvgIpc) is 2.59. The number of benzene rings is 2. The van der Waals surface area contributed by atoms with Crippen LogP contribution in [-0.4, -0.2) is 32.5 Å². The molecule has 0 fully saturated rings. The molecule has 2 rings (SSSR count). The van der Waals surface area contributed by atoms with Gasteiger partial charge in [-0.25, -0.2) is 0 Å². The van der Waals surface area contributed by atoms with E-state index in [0.29, 0.717) is 5.56 Å². The third-order valence-electron chi connectivity index (χ3n) is 3.31. The van der Waals surface area contributed by atoms with E-state index in [1.165, 1.54) is 0 Å². The van der Waals surface area contributed by atoms with Crippen molar-refractivity contribution in [1.29, 1.82) is 0 Å². The fraction of sp³-hybridized carbons (Fsp3) is 0.350. The standard InChI is InChI=1S/C20H25O4PSe/c1-15(2)23-25(22,24-16(3)4)26-20(18-13-9-6-10-14-18)19(21)17-11-7-5-8-12-17/h5-16,20H,1-4H3. The zero-order valence-corrected chi connectivity index (χ0v) is 18.1. The van der Waals surface area contributed by atoms with Crippen LogP contribution >= 0.6 is 6.29 Å². The molecule has 1 unspecified atom stereocenters. The van der Waals surface area contributed by atoms with Gasteiger partial charge in [-0.3, -0.25) is 0 Å². The Hall–Kier alpha value is -1.22. The molecule has 26 heavy (non-hydrogen) atoms. The molecule has 0 aliphatic carbocycles. The third kappa shape index (κ3) is 6.19. The van der Waals surface area contributed by atoms with Crippen LogP contribution in [0.15, 0.2) is 60.7 Å². The molecule has 0 aromatic heterocycles. The average molecular weight is 439 g/mol. The van der Waals surface area contributed by atoms with Gasteiger partial charge in [-0.05, 0) is 0 Å². The van der Waals surface area contributed by atoms with Gasteiger partial charge < -0.3 is 0 Å². The number of Topliss-reactive ketones (excluding diaryl/α,β-unsaturated/α-hetero) is 1. The molecule has 0 aliphatic rings. The molecule has 1 atom stereocenters. The summed E-state index contributed by atoms with van der Waals surface area (Å²) in [5, 5.41) is 0. The molecule has 0 spiro atoms. The van der Waals surface area contributed by atoms with Crippen molar-refractivity contribution in [3.05, 3.63) is 71.8 Å². The summed E-state index contributed by atoms with van der Waals surface area (Å²) in [5.74, 6) is -0.0586. The number of ketones is 1. The fourth-order valence-electron chi connectivity index (χ4n) is 2.36. The molecule has 2 aromatic carbocycles. The molecule has 0 amide bonds. The van der Waals surface area contributed by atoms with Gasteiger partial charge in [-0.2, -0.15) is 0 Å². The minimum absolute atomic E-state index is 0.0586. The zero-order chi connectivity index (χ0) is 19.2. The fourth-order valence-corrected chi connectivity index (χ4v) is 10.4. The molecule has 2 aromatic rings. The number of hydrogen-bond donors (Lipinski definition) is 0. The van der Waals surface area contributed by atoms with Crippen molar-refractivity contribution in [2.75, 3.05) is 0 Å². The van der Waals surface area contributed by atoms with E-state index >= 15 is 0 Å². The number of carbonyl (C=O) groups excluding carboxylic acids is 1. The number of rotatable bonds is 9. The minimum atomic E-state index is -3.39. The summed E-state index contributed by atoms with van der Waals surface area (Å²) in [6.45, 7) is 7.29. The molecule has 0 saturated heterocycles. The van der Waals surface area contributed by atoms with Crippen LogP contribution in [0.5, 0.6) is 0 Å². The van der Waals surface area contributed by atoms with Gasteiger partial charge in [0.25, 0.3) is 0 Å². The van der Waals surface area contributed by atoms with Crippen molar-refractivity contribution in [3.63, 3.8) is 0 Å². The van der Waals surface area contributed by atoms with Gasteiger partial charge in [0.1, 0.15) is 0 Å². The first-order chi connectivity index (χ1) is 12.3. The Balaban J connectivity index is 2.40. The van der Waals surface area contributed by atoms with Crippen molar-refractivity contribution in [2.24, 2.45) is 0 Å². The van der Waals surface area contributed by atoms with Crippen molar-refractivity contribution >= 4 is 26.6 Å². The molecular formula is C20H25O4PSe. The summed E-state index contributed by atoms with van der Waals surface area (Å²) in [6.07, 6.45) is -3.88. The Morgan fingerprint density at radius 3 is 1.77 bits per heavy atom. The SMILES string of the molecule is CC(C)OP(=O)(OC(C)C)[Se]C(C(=O)c1ccccc1)c1ccccc1. The molecule has 0 bridgehead atoms. The maximum absolute atomic E-state index is 13.4. The summed E-state index contributed by atoms with van der Waals surface area (Å²) < 4.78 is 24.8. The van der Waals surface area contributed by atoms with Crippen LogP contribution in [0, 0.1) is 0 Å². The molecule has 0 aliphatic heterocycles. The van der Waals surface area contributed by atoms with Crippen LogP contribution in [0.4, 0.5) is 0 Å². The molecule has 6 heteroatoms. The number of hydrogen-bond acceptors (Lipinski definition) is 4. The number of carbonyl (C=O) groups is 1. The first-order valence-corrected chi connectivity index (χ1v) is 13.3. The Kier molecular flexibility index (Phi) is 7.82. The van der Waals surface area contributed by atoms with E-state index in [2.05, 4.69) is 0 Å². The summed E-state index contributed by atoms with van der Waals surface area (Å²) >= 11 is -0.699. The maximum atomic E-state index is 13.4. The second-order valence-electron chi connectivity index (χ2n) is 6.38. The second-order valence-corrected chi connectivity index (χ2v) is 13.0. The Bertz CT molecular complexity index is 733. The van der Waals surface area contributed by atoms with E-state index in [9.17, 15) is 9.36 Å². The van der Waals surface area contributed by atoms with Gasteiger partial charge in [-0.15, -0.1) is 0 Å². The molecule has 0 saturated carbocycles. The second kappa shape index (κ2) is 9.64. The first kappa shape index (κ1) is 21.1. The topological polar surface area (TPSA) is 52.6 Å². The van der Waals surface area contributed by atoms with E-state index < -0.39 is 25.6 Å².